The monoisotopic (exact) mass is 430 g/mol. The third-order valence-corrected chi connectivity index (χ3v) is 6.88. The van der Waals surface area contributed by atoms with E-state index < -0.39 is 9.84 Å². The van der Waals surface area contributed by atoms with E-state index in [2.05, 4.69) is 10.2 Å². The maximum atomic E-state index is 13.4. The van der Waals surface area contributed by atoms with Gasteiger partial charge in [0.05, 0.1) is 15.4 Å². The van der Waals surface area contributed by atoms with Crippen LogP contribution < -0.4 is 0 Å². The molecule has 5 aromatic rings. The molecule has 0 spiro atoms. The van der Waals surface area contributed by atoms with Gasteiger partial charge in [-0.05, 0) is 64.4 Å². The predicted octanol–water partition coefficient (Wildman–Crippen LogP) is 5.53. The third-order valence-electron chi connectivity index (χ3n) is 5.07. The summed E-state index contributed by atoms with van der Waals surface area (Å²) in [4.78, 5) is 0.267. The van der Waals surface area contributed by atoms with Gasteiger partial charge in [-0.15, -0.1) is 10.2 Å². The van der Waals surface area contributed by atoms with Crippen LogP contribution in [0, 0.1) is 5.82 Å². The highest BCUT2D eigenvalue weighted by Gasteiger charge is 2.24. The fourth-order valence-electron chi connectivity index (χ4n) is 3.51. The molecule has 7 heteroatoms. The summed E-state index contributed by atoms with van der Waals surface area (Å²) in [5.41, 5.74) is 2.16. The van der Waals surface area contributed by atoms with Gasteiger partial charge in [-0.3, -0.25) is 0 Å². The van der Waals surface area contributed by atoms with E-state index in [4.69, 9.17) is 4.42 Å². The Morgan fingerprint density at radius 1 is 0.774 bits per heavy atom. The summed E-state index contributed by atoms with van der Waals surface area (Å²) in [5.74, 6) is -0.149. The Labute approximate surface area is 177 Å². The first kappa shape index (κ1) is 19.1. The standard InChI is InChI=1S/C24H15FN2O3S/c25-20-10-7-16(8-11-20)17-5-6-19-14-21(12-9-18(19)13-17)31(28,29)23-4-2-1-3-22(23)24-27-26-15-30-24/h1-15H. The number of hydrogen-bond acceptors (Lipinski definition) is 5. The molecule has 4 aromatic carbocycles. The van der Waals surface area contributed by atoms with Crippen molar-refractivity contribution in [3.63, 3.8) is 0 Å². The van der Waals surface area contributed by atoms with E-state index in [0.717, 1.165) is 28.3 Å². The van der Waals surface area contributed by atoms with Crippen LogP contribution >= 0.6 is 0 Å². The Hall–Kier alpha value is -3.84. The Bertz CT molecular complexity index is 1500. The van der Waals surface area contributed by atoms with Crippen molar-refractivity contribution in [1.29, 1.82) is 0 Å². The van der Waals surface area contributed by atoms with Crippen LogP contribution in [0.1, 0.15) is 0 Å². The van der Waals surface area contributed by atoms with Crippen molar-refractivity contribution in [2.24, 2.45) is 0 Å². The fourth-order valence-corrected chi connectivity index (χ4v) is 4.99. The highest BCUT2D eigenvalue weighted by Crippen LogP contribution is 2.32. The summed E-state index contributed by atoms with van der Waals surface area (Å²) in [6.45, 7) is 0. The molecular weight excluding hydrogens is 415 g/mol. The van der Waals surface area contributed by atoms with Crippen molar-refractivity contribution in [3.8, 4) is 22.6 Å². The number of nitrogens with zero attached hydrogens (tertiary/aromatic N) is 2. The largest absolute Gasteiger partial charge is 0.423 e. The summed E-state index contributed by atoms with van der Waals surface area (Å²) < 4.78 is 45.2. The lowest BCUT2D eigenvalue weighted by atomic mass is 10.0. The molecule has 1 heterocycles. The summed E-state index contributed by atoms with van der Waals surface area (Å²) in [6.07, 6.45) is 1.16. The second-order valence-electron chi connectivity index (χ2n) is 6.97. The predicted molar refractivity (Wildman–Crippen MR) is 115 cm³/mol. The quantitative estimate of drug-likeness (QED) is 0.375. The van der Waals surface area contributed by atoms with Gasteiger partial charge in [0.25, 0.3) is 0 Å². The number of halogens is 1. The van der Waals surface area contributed by atoms with E-state index in [1.54, 1.807) is 48.5 Å². The Kier molecular flexibility index (Phi) is 4.60. The minimum atomic E-state index is -3.82. The van der Waals surface area contributed by atoms with Gasteiger partial charge in [0, 0.05) is 0 Å². The summed E-state index contributed by atoms with van der Waals surface area (Å²) >= 11 is 0. The summed E-state index contributed by atoms with van der Waals surface area (Å²) in [7, 11) is -3.82. The second kappa shape index (κ2) is 7.45. The van der Waals surface area contributed by atoms with Gasteiger partial charge in [0.1, 0.15) is 5.82 Å². The van der Waals surface area contributed by atoms with E-state index in [1.165, 1.54) is 18.2 Å². The minimum absolute atomic E-state index is 0.0986. The van der Waals surface area contributed by atoms with Crippen LogP contribution in [0.25, 0.3) is 33.4 Å². The van der Waals surface area contributed by atoms with Gasteiger partial charge in [0.2, 0.25) is 22.1 Å². The molecule has 0 unspecified atom stereocenters. The van der Waals surface area contributed by atoms with E-state index in [9.17, 15) is 12.8 Å². The number of benzene rings is 4. The lowest BCUT2D eigenvalue weighted by Crippen LogP contribution is -2.04. The van der Waals surface area contributed by atoms with Gasteiger partial charge in [-0.1, -0.05) is 42.5 Å². The normalized spacial score (nSPS) is 11.6. The minimum Gasteiger partial charge on any atom is -0.423 e. The van der Waals surface area contributed by atoms with Crippen LogP contribution in [0.4, 0.5) is 4.39 Å². The van der Waals surface area contributed by atoms with Crippen LogP contribution in [0.2, 0.25) is 0 Å². The highest BCUT2D eigenvalue weighted by molar-refractivity contribution is 7.91. The number of aromatic nitrogens is 2. The molecule has 5 rings (SSSR count). The molecule has 0 saturated carbocycles. The Balaban J connectivity index is 1.58. The lowest BCUT2D eigenvalue weighted by molar-refractivity contribution is 0.565. The molecule has 0 bridgehead atoms. The second-order valence-corrected chi connectivity index (χ2v) is 8.89. The Morgan fingerprint density at radius 2 is 1.48 bits per heavy atom. The maximum Gasteiger partial charge on any atom is 0.248 e. The van der Waals surface area contributed by atoms with Crippen LogP contribution in [0.5, 0.6) is 0 Å². The molecule has 31 heavy (non-hydrogen) atoms. The first-order valence-corrected chi connectivity index (χ1v) is 10.9. The topological polar surface area (TPSA) is 73.1 Å². The molecule has 0 fully saturated rings. The summed E-state index contributed by atoms with van der Waals surface area (Å²) in [5, 5.41) is 9.15. The maximum absolute atomic E-state index is 13.4. The van der Waals surface area contributed by atoms with Crippen molar-refractivity contribution in [2.75, 3.05) is 0 Å². The lowest BCUT2D eigenvalue weighted by Gasteiger charge is -2.10. The molecule has 0 amide bonds. The van der Waals surface area contributed by atoms with Gasteiger partial charge in [-0.2, -0.15) is 0 Å². The van der Waals surface area contributed by atoms with Gasteiger partial charge in [0.15, 0.2) is 0 Å². The number of sulfone groups is 1. The molecule has 5 nitrogen and oxygen atoms in total. The van der Waals surface area contributed by atoms with Crippen LogP contribution in [-0.4, -0.2) is 18.6 Å². The van der Waals surface area contributed by atoms with E-state index in [0.29, 0.717) is 5.56 Å². The Morgan fingerprint density at radius 3 is 2.26 bits per heavy atom. The SMILES string of the molecule is O=S(=O)(c1ccc2cc(-c3ccc(F)cc3)ccc2c1)c1ccccc1-c1nnco1. The van der Waals surface area contributed by atoms with Crippen molar-refractivity contribution >= 4 is 20.6 Å². The number of rotatable bonds is 4. The molecule has 0 atom stereocenters. The number of fused-ring (bicyclic) bond motifs is 1. The van der Waals surface area contributed by atoms with Crippen LogP contribution in [-0.2, 0) is 9.84 Å². The summed E-state index contributed by atoms with van der Waals surface area (Å²) in [6, 6.07) is 23.5. The first-order chi connectivity index (χ1) is 15.0. The van der Waals surface area contributed by atoms with E-state index in [1.807, 2.05) is 18.2 Å². The van der Waals surface area contributed by atoms with Crippen LogP contribution in [0.15, 0.2) is 106 Å². The molecule has 0 N–H and O–H groups in total. The first-order valence-electron chi connectivity index (χ1n) is 9.43. The molecule has 0 saturated heterocycles. The zero-order chi connectivity index (χ0) is 21.4. The van der Waals surface area contributed by atoms with Crippen molar-refractivity contribution in [3.05, 3.63) is 97.1 Å². The molecule has 1 aromatic heterocycles. The molecule has 0 aliphatic carbocycles. The van der Waals surface area contributed by atoms with Gasteiger partial charge in [-0.25, -0.2) is 12.8 Å². The van der Waals surface area contributed by atoms with Crippen molar-refractivity contribution < 1.29 is 17.2 Å². The zero-order valence-electron chi connectivity index (χ0n) is 16.1. The molecule has 0 aliphatic heterocycles. The van der Waals surface area contributed by atoms with Crippen LogP contribution in [0.3, 0.4) is 0 Å². The van der Waals surface area contributed by atoms with Crippen molar-refractivity contribution in [2.45, 2.75) is 9.79 Å². The fraction of sp³-hybridized carbons (Fsp3) is 0. The molecule has 0 radical (unpaired) electrons. The molecular formula is C24H15FN2O3S. The number of hydrogen-bond donors (Lipinski definition) is 0. The van der Waals surface area contributed by atoms with E-state index in [-0.39, 0.29) is 21.5 Å². The average Bonchev–Trinajstić information content (AvgIpc) is 3.34. The zero-order valence-corrected chi connectivity index (χ0v) is 16.9. The van der Waals surface area contributed by atoms with Crippen molar-refractivity contribution in [1.82, 2.24) is 10.2 Å². The third kappa shape index (κ3) is 3.49. The average molecular weight is 430 g/mol. The smallest absolute Gasteiger partial charge is 0.248 e. The molecule has 152 valence electrons. The van der Waals surface area contributed by atoms with Gasteiger partial charge < -0.3 is 4.42 Å². The highest BCUT2D eigenvalue weighted by atomic mass is 32.2. The van der Waals surface area contributed by atoms with E-state index >= 15 is 0 Å². The van der Waals surface area contributed by atoms with Gasteiger partial charge >= 0.3 is 0 Å². The molecule has 0 aliphatic rings.